The highest BCUT2D eigenvalue weighted by molar-refractivity contribution is 6.17. The van der Waals surface area contributed by atoms with Gasteiger partial charge in [-0.25, -0.2) is 13.2 Å². The van der Waals surface area contributed by atoms with Gasteiger partial charge >= 0.3 is 0 Å². The highest BCUT2D eigenvalue weighted by Gasteiger charge is 2.20. The van der Waals surface area contributed by atoms with Crippen LogP contribution in [0.4, 0.5) is 13.2 Å². The minimum atomic E-state index is -0.975. The van der Waals surface area contributed by atoms with Crippen LogP contribution in [0.1, 0.15) is 41.3 Å². The molecule has 0 fully saturated rings. The van der Waals surface area contributed by atoms with Gasteiger partial charge in [0.1, 0.15) is 17.5 Å². The Hall–Kier alpha value is -3.28. The van der Waals surface area contributed by atoms with Crippen LogP contribution >= 0.6 is 0 Å². The number of hydrogen-bond donors (Lipinski definition) is 1. The average Bonchev–Trinajstić information content (AvgIpc) is 2.97. The summed E-state index contributed by atoms with van der Waals surface area (Å²) in [6.45, 7) is 3.88. The topological polar surface area (TPSA) is 48.0 Å². The van der Waals surface area contributed by atoms with E-state index in [-0.39, 0.29) is 18.0 Å². The van der Waals surface area contributed by atoms with E-state index in [2.05, 4.69) is 6.07 Å². The molecule has 0 saturated heterocycles. The molecule has 1 heterocycles. The van der Waals surface area contributed by atoms with Gasteiger partial charge in [-0.2, -0.15) is 0 Å². The lowest BCUT2D eigenvalue weighted by atomic mass is 10.00. The van der Waals surface area contributed by atoms with Gasteiger partial charge in [-0.1, -0.05) is 26.0 Å². The van der Waals surface area contributed by atoms with E-state index in [1.165, 1.54) is 0 Å². The van der Waals surface area contributed by atoms with Gasteiger partial charge < -0.3 is 10.3 Å². The van der Waals surface area contributed by atoms with Crippen LogP contribution in [0.25, 0.3) is 21.8 Å². The molecule has 1 radical (unpaired) electrons. The number of carbonyl (C=O) groups is 1. The Kier molecular flexibility index (Phi) is 4.57. The fourth-order valence-corrected chi connectivity index (χ4v) is 3.66. The minimum absolute atomic E-state index is 0.171. The normalized spacial score (nSPS) is 11.7. The van der Waals surface area contributed by atoms with Crippen molar-refractivity contribution in [1.82, 2.24) is 4.57 Å². The average molecular weight is 395 g/mol. The highest BCUT2D eigenvalue weighted by Crippen LogP contribution is 2.34. The summed E-state index contributed by atoms with van der Waals surface area (Å²) < 4.78 is 43.7. The van der Waals surface area contributed by atoms with E-state index >= 15 is 0 Å². The number of carbonyl (C=O) groups excluding carboxylic acids is 1. The lowest BCUT2D eigenvalue weighted by Crippen LogP contribution is -2.11. The molecule has 2 N–H and O–H groups in total. The van der Waals surface area contributed by atoms with Crippen LogP contribution in [0, 0.1) is 23.5 Å². The highest BCUT2D eigenvalue weighted by atomic mass is 19.1. The first kappa shape index (κ1) is 19.1. The summed E-state index contributed by atoms with van der Waals surface area (Å²) >= 11 is 0. The van der Waals surface area contributed by atoms with Gasteiger partial charge in [0.2, 0.25) is 5.91 Å². The summed E-state index contributed by atoms with van der Waals surface area (Å²) in [7, 11) is 0. The van der Waals surface area contributed by atoms with Crippen LogP contribution in [-0.4, -0.2) is 10.5 Å². The lowest BCUT2D eigenvalue weighted by Gasteiger charge is -2.11. The number of halogens is 3. The third kappa shape index (κ3) is 3.14. The monoisotopic (exact) mass is 395 g/mol. The van der Waals surface area contributed by atoms with Gasteiger partial charge in [0.05, 0.1) is 17.6 Å². The van der Waals surface area contributed by atoms with E-state index in [4.69, 9.17) is 5.73 Å². The molecule has 3 aromatic carbocycles. The number of nitrogens with zero attached hydrogens (tertiary/aromatic N) is 1. The zero-order chi connectivity index (χ0) is 20.9. The first-order valence-corrected chi connectivity index (χ1v) is 9.17. The summed E-state index contributed by atoms with van der Waals surface area (Å²) in [5.74, 6) is -3.30. The molecule has 0 unspecified atom stereocenters. The molecule has 4 aromatic rings. The second-order valence-corrected chi connectivity index (χ2v) is 7.35. The van der Waals surface area contributed by atoms with Gasteiger partial charge in [-0.3, -0.25) is 4.79 Å². The van der Waals surface area contributed by atoms with Gasteiger partial charge in [0, 0.05) is 34.0 Å². The number of benzene rings is 3. The zero-order valence-corrected chi connectivity index (χ0v) is 15.9. The molecule has 6 heteroatoms. The molecule has 147 valence electrons. The fraction of sp³-hybridized carbons (Fsp3) is 0.174. The Morgan fingerprint density at radius 3 is 2.41 bits per heavy atom. The molecule has 0 aliphatic rings. The van der Waals surface area contributed by atoms with Crippen molar-refractivity contribution in [3.05, 3.63) is 82.7 Å². The predicted molar refractivity (Wildman–Crippen MR) is 106 cm³/mol. The van der Waals surface area contributed by atoms with Gasteiger partial charge in [-0.05, 0) is 35.7 Å². The number of amides is 1. The van der Waals surface area contributed by atoms with Gasteiger partial charge in [0.25, 0.3) is 0 Å². The number of fused-ring (bicyclic) bond motifs is 3. The second kappa shape index (κ2) is 6.95. The Bertz CT molecular complexity index is 1250. The Morgan fingerprint density at radius 2 is 1.79 bits per heavy atom. The van der Waals surface area contributed by atoms with Crippen molar-refractivity contribution >= 4 is 27.7 Å². The molecule has 0 spiro atoms. The second-order valence-electron chi connectivity index (χ2n) is 7.35. The minimum Gasteiger partial charge on any atom is -0.366 e. The molecule has 0 atom stereocenters. The van der Waals surface area contributed by atoms with Crippen LogP contribution in [0.3, 0.4) is 0 Å². The van der Waals surface area contributed by atoms with Crippen LogP contribution < -0.4 is 5.73 Å². The Labute approximate surface area is 165 Å². The Morgan fingerprint density at radius 1 is 1.10 bits per heavy atom. The molecule has 3 nitrogen and oxygen atoms in total. The predicted octanol–water partition coefficient (Wildman–Crippen LogP) is 5.28. The maximum atomic E-state index is 14.3. The van der Waals surface area contributed by atoms with E-state index in [9.17, 15) is 18.0 Å². The van der Waals surface area contributed by atoms with Crippen molar-refractivity contribution < 1.29 is 18.0 Å². The van der Waals surface area contributed by atoms with E-state index in [1.807, 2.05) is 26.0 Å². The molecule has 0 aliphatic heterocycles. The first-order chi connectivity index (χ1) is 13.8. The molecule has 29 heavy (non-hydrogen) atoms. The van der Waals surface area contributed by atoms with Crippen molar-refractivity contribution in [2.75, 3.05) is 0 Å². The molecule has 0 saturated carbocycles. The van der Waals surface area contributed by atoms with Crippen molar-refractivity contribution in [3.63, 3.8) is 0 Å². The molecular weight excluding hydrogens is 377 g/mol. The maximum absolute atomic E-state index is 14.3. The van der Waals surface area contributed by atoms with Gasteiger partial charge in [-0.15, -0.1) is 0 Å². The smallest absolute Gasteiger partial charge is 0.249 e. The van der Waals surface area contributed by atoms with Crippen molar-refractivity contribution in [2.24, 2.45) is 5.73 Å². The standard InChI is InChI=1S/C23H18F3N2O/c1-12(2)13-6-7-15-21(8-13)28(11-17-18(25)9-14(24)10-19(17)26)20-5-3-4-16(22(15)20)23(27)29/h3-6,8-10,12H,11H2,1-2H3,(H2,27,29). The van der Waals surface area contributed by atoms with Crippen LogP contribution in [0.2, 0.25) is 0 Å². The summed E-state index contributed by atoms with van der Waals surface area (Å²) in [5, 5.41) is 1.22. The Balaban J connectivity index is 2.07. The molecular formula is C23H18F3N2O. The summed E-state index contributed by atoms with van der Waals surface area (Å²) in [6, 6.07) is 13.3. The quantitative estimate of drug-likeness (QED) is 0.502. The summed E-state index contributed by atoms with van der Waals surface area (Å²) in [4.78, 5) is 12.0. The molecule has 4 rings (SSSR count). The van der Waals surface area contributed by atoms with Crippen LogP contribution in [-0.2, 0) is 6.54 Å². The van der Waals surface area contributed by atoms with E-state index in [1.54, 1.807) is 22.8 Å². The van der Waals surface area contributed by atoms with Crippen molar-refractivity contribution in [2.45, 2.75) is 26.3 Å². The molecule has 1 amide bonds. The third-order valence-electron chi connectivity index (χ3n) is 5.17. The van der Waals surface area contributed by atoms with E-state index in [0.29, 0.717) is 39.5 Å². The number of rotatable bonds is 4. The maximum Gasteiger partial charge on any atom is 0.249 e. The fourth-order valence-electron chi connectivity index (χ4n) is 3.66. The molecule has 0 bridgehead atoms. The summed E-state index contributed by atoms with van der Waals surface area (Å²) in [6.07, 6.45) is 0. The first-order valence-electron chi connectivity index (χ1n) is 9.17. The third-order valence-corrected chi connectivity index (χ3v) is 5.17. The van der Waals surface area contributed by atoms with Crippen molar-refractivity contribution in [3.8, 4) is 0 Å². The number of hydrogen-bond acceptors (Lipinski definition) is 1. The van der Waals surface area contributed by atoms with E-state index < -0.39 is 23.4 Å². The van der Waals surface area contributed by atoms with Crippen LogP contribution in [0.15, 0.2) is 42.5 Å². The van der Waals surface area contributed by atoms with E-state index in [0.717, 1.165) is 5.56 Å². The van der Waals surface area contributed by atoms with Crippen LogP contribution in [0.5, 0.6) is 0 Å². The molecule has 0 aliphatic carbocycles. The van der Waals surface area contributed by atoms with Gasteiger partial charge in [0.15, 0.2) is 0 Å². The number of primary amides is 1. The number of nitrogens with two attached hydrogens (primary N) is 1. The lowest BCUT2D eigenvalue weighted by molar-refractivity contribution is 0.100. The molecule has 1 aromatic heterocycles. The van der Waals surface area contributed by atoms with Crippen molar-refractivity contribution in [1.29, 1.82) is 0 Å². The summed E-state index contributed by atoms with van der Waals surface area (Å²) in [5.41, 5.74) is 7.85. The SMILES string of the molecule is CC(C)c1c[c]c2c3c(C(N)=O)cccc3n(Cc3c(F)cc(F)cc3F)c2c1. The zero-order valence-electron chi connectivity index (χ0n) is 15.9. The largest absolute Gasteiger partial charge is 0.366 e. The number of aromatic nitrogens is 1.